The van der Waals surface area contributed by atoms with Gasteiger partial charge >= 0.3 is 0 Å². The molecule has 0 bridgehead atoms. The lowest BCUT2D eigenvalue weighted by Crippen LogP contribution is -2.20. The maximum absolute atomic E-state index is 13.3. The number of pyridine rings is 1. The molecule has 1 aromatic carbocycles. The fraction of sp³-hybridized carbons (Fsp3) is 0. The van der Waals surface area contributed by atoms with Gasteiger partial charge in [-0.3, -0.25) is 0 Å². The molecule has 18 heavy (non-hydrogen) atoms. The van der Waals surface area contributed by atoms with Crippen LogP contribution in [0.5, 0.6) is 0 Å². The number of anilines is 2. The fourth-order valence-electron chi connectivity index (χ4n) is 1.30. The minimum absolute atomic E-state index is 0.102. The molecule has 0 aliphatic rings. The van der Waals surface area contributed by atoms with E-state index in [-0.39, 0.29) is 10.8 Å². The summed E-state index contributed by atoms with van der Waals surface area (Å²) in [7, 11) is 0. The number of benzene rings is 1. The molecule has 1 aromatic heterocycles. The minimum Gasteiger partial charge on any atom is -0.330 e. The van der Waals surface area contributed by atoms with Crippen LogP contribution in [0.2, 0.25) is 0 Å². The van der Waals surface area contributed by atoms with Gasteiger partial charge < -0.3 is 10.6 Å². The van der Waals surface area contributed by atoms with Gasteiger partial charge in [-0.05, 0) is 36.5 Å². The second kappa shape index (κ2) is 5.50. The zero-order chi connectivity index (χ0) is 13.0. The molecule has 0 radical (unpaired) electrons. The van der Waals surface area contributed by atoms with E-state index in [1.54, 1.807) is 24.4 Å². The molecule has 2 N–H and O–H groups in total. The molecule has 0 atom stereocenters. The van der Waals surface area contributed by atoms with Gasteiger partial charge in [0.05, 0.1) is 5.69 Å². The Morgan fingerprint density at radius 3 is 2.61 bits per heavy atom. The second-order valence-electron chi connectivity index (χ2n) is 3.42. The zero-order valence-electron chi connectivity index (χ0n) is 9.15. The Labute approximate surface area is 108 Å². The molecule has 0 saturated heterocycles. The van der Waals surface area contributed by atoms with Gasteiger partial charge in [-0.25, -0.2) is 13.8 Å². The number of rotatable bonds is 2. The van der Waals surface area contributed by atoms with Crippen LogP contribution in [-0.2, 0) is 0 Å². The topological polar surface area (TPSA) is 37.0 Å². The van der Waals surface area contributed by atoms with Crippen LogP contribution in [0.25, 0.3) is 0 Å². The van der Waals surface area contributed by atoms with E-state index >= 15 is 0 Å². The molecule has 3 nitrogen and oxygen atoms in total. The third kappa shape index (κ3) is 3.21. The number of aromatic nitrogens is 1. The highest BCUT2D eigenvalue weighted by Gasteiger charge is 2.05. The Kier molecular flexibility index (Phi) is 3.78. The molecule has 1 heterocycles. The van der Waals surface area contributed by atoms with E-state index in [0.717, 1.165) is 12.1 Å². The quantitative estimate of drug-likeness (QED) is 0.818. The molecular weight excluding hydrogens is 256 g/mol. The zero-order valence-corrected chi connectivity index (χ0v) is 9.97. The van der Waals surface area contributed by atoms with Crippen molar-refractivity contribution in [2.24, 2.45) is 0 Å². The van der Waals surface area contributed by atoms with Gasteiger partial charge in [-0.15, -0.1) is 0 Å². The molecule has 0 spiro atoms. The molecule has 6 heteroatoms. The lowest BCUT2D eigenvalue weighted by atomic mass is 10.3. The first-order valence-corrected chi connectivity index (χ1v) is 5.50. The van der Waals surface area contributed by atoms with Crippen molar-refractivity contribution in [1.82, 2.24) is 4.98 Å². The number of hydrogen-bond acceptors (Lipinski definition) is 2. The van der Waals surface area contributed by atoms with Crippen LogP contribution in [0.4, 0.5) is 20.3 Å². The van der Waals surface area contributed by atoms with Gasteiger partial charge in [0.25, 0.3) is 0 Å². The van der Waals surface area contributed by atoms with Gasteiger partial charge in [0.2, 0.25) is 0 Å². The monoisotopic (exact) mass is 265 g/mol. The van der Waals surface area contributed by atoms with Crippen molar-refractivity contribution < 1.29 is 8.78 Å². The molecule has 2 aromatic rings. The summed E-state index contributed by atoms with van der Waals surface area (Å²) in [4.78, 5) is 4.00. The standard InChI is InChI=1S/C12H9F2N3S/c13-8-4-5-10(9(14)7-8)16-12(18)17-11-3-1-2-6-15-11/h1-7H,(H2,15,16,17,18). The minimum atomic E-state index is -0.708. The van der Waals surface area contributed by atoms with Crippen LogP contribution < -0.4 is 10.6 Å². The van der Waals surface area contributed by atoms with Crippen molar-refractivity contribution in [1.29, 1.82) is 0 Å². The largest absolute Gasteiger partial charge is 0.330 e. The molecule has 0 aliphatic carbocycles. The third-order valence-corrected chi connectivity index (χ3v) is 2.29. The SMILES string of the molecule is Fc1ccc(NC(=S)Nc2ccccn2)c(F)c1. The summed E-state index contributed by atoms with van der Waals surface area (Å²) in [5.74, 6) is -0.806. The molecule has 0 saturated carbocycles. The summed E-state index contributed by atoms with van der Waals surface area (Å²) in [6, 6.07) is 8.48. The van der Waals surface area contributed by atoms with Gasteiger partial charge in [0.15, 0.2) is 5.11 Å². The van der Waals surface area contributed by atoms with Crippen molar-refractivity contribution in [3.63, 3.8) is 0 Å². The average Bonchev–Trinajstić information content (AvgIpc) is 2.34. The number of halogens is 2. The number of nitrogens with one attached hydrogen (secondary N) is 2. The predicted octanol–water partition coefficient (Wildman–Crippen LogP) is 3.17. The third-order valence-electron chi connectivity index (χ3n) is 2.09. The normalized spacial score (nSPS) is 9.89. The van der Waals surface area contributed by atoms with Crippen LogP contribution >= 0.6 is 12.2 Å². The smallest absolute Gasteiger partial charge is 0.176 e. The van der Waals surface area contributed by atoms with Crippen molar-refractivity contribution in [3.8, 4) is 0 Å². The molecule has 0 amide bonds. The maximum Gasteiger partial charge on any atom is 0.176 e. The summed E-state index contributed by atoms with van der Waals surface area (Å²) in [5, 5.41) is 5.59. The fourth-order valence-corrected chi connectivity index (χ4v) is 1.51. The first-order valence-electron chi connectivity index (χ1n) is 5.09. The van der Waals surface area contributed by atoms with Gasteiger partial charge in [0.1, 0.15) is 17.5 Å². The summed E-state index contributed by atoms with van der Waals surface area (Å²) in [6.45, 7) is 0. The molecule has 2 rings (SSSR count). The van der Waals surface area contributed by atoms with E-state index in [9.17, 15) is 8.78 Å². The highest BCUT2D eigenvalue weighted by molar-refractivity contribution is 7.80. The van der Waals surface area contributed by atoms with Gasteiger partial charge in [-0.2, -0.15) is 0 Å². The summed E-state index contributed by atoms with van der Waals surface area (Å²) in [5.41, 5.74) is 0.102. The number of hydrogen-bond donors (Lipinski definition) is 2. The Hall–Kier alpha value is -2.08. The Morgan fingerprint density at radius 2 is 1.94 bits per heavy atom. The highest BCUT2D eigenvalue weighted by Crippen LogP contribution is 2.15. The first-order chi connectivity index (χ1) is 8.65. The van der Waals surface area contributed by atoms with Crippen LogP contribution in [-0.4, -0.2) is 10.1 Å². The maximum atomic E-state index is 13.3. The highest BCUT2D eigenvalue weighted by atomic mass is 32.1. The second-order valence-corrected chi connectivity index (χ2v) is 3.83. The van der Waals surface area contributed by atoms with Crippen LogP contribution in [0.1, 0.15) is 0 Å². The molecule has 92 valence electrons. The van der Waals surface area contributed by atoms with E-state index < -0.39 is 11.6 Å². The van der Waals surface area contributed by atoms with E-state index in [0.29, 0.717) is 5.82 Å². The molecular formula is C12H9F2N3S. The first kappa shape index (κ1) is 12.4. The summed E-state index contributed by atoms with van der Waals surface area (Å²) >= 11 is 4.99. The Balaban J connectivity index is 2.03. The molecule has 0 unspecified atom stereocenters. The summed E-state index contributed by atoms with van der Waals surface area (Å²) < 4.78 is 26.0. The Bertz CT molecular complexity index is 561. The number of nitrogens with zero attached hydrogens (tertiary/aromatic N) is 1. The van der Waals surface area contributed by atoms with Crippen molar-refractivity contribution in [2.75, 3.05) is 10.6 Å². The van der Waals surface area contributed by atoms with Gasteiger partial charge in [0, 0.05) is 12.3 Å². The number of thiocarbonyl (C=S) groups is 1. The van der Waals surface area contributed by atoms with E-state index in [1.165, 1.54) is 6.07 Å². The molecule has 0 fully saturated rings. The lowest BCUT2D eigenvalue weighted by molar-refractivity contribution is 0.586. The van der Waals surface area contributed by atoms with Crippen LogP contribution in [0, 0.1) is 11.6 Å². The molecule has 0 aliphatic heterocycles. The van der Waals surface area contributed by atoms with E-state index in [2.05, 4.69) is 15.6 Å². The lowest BCUT2D eigenvalue weighted by Gasteiger charge is -2.10. The van der Waals surface area contributed by atoms with E-state index in [4.69, 9.17) is 12.2 Å². The van der Waals surface area contributed by atoms with Gasteiger partial charge in [-0.1, -0.05) is 6.07 Å². The Morgan fingerprint density at radius 1 is 1.11 bits per heavy atom. The van der Waals surface area contributed by atoms with Crippen molar-refractivity contribution in [3.05, 3.63) is 54.2 Å². The van der Waals surface area contributed by atoms with E-state index in [1.807, 2.05) is 0 Å². The van der Waals surface area contributed by atoms with Crippen molar-refractivity contribution >= 4 is 28.8 Å². The van der Waals surface area contributed by atoms with Crippen LogP contribution in [0.15, 0.2) is 42.6 Å². The predicted molar refractivity (Wildman–Crippen MR) is 70.4 cm³/mol. The average molecular weight is 265 g/mol. The van der Waals surface area contributed by atoms with Crippen LogP contribution in [0.3, 0.4) is 0 Å². The summed E-state index contributed by atoms with van der Waals surface area (Å²) in [6.07, 6.45) is 1.60. The van der Waals surface area contributed by atoms with Crippen molar-refractivity contribution in [2.45, 2.75) is 0 Å².